The van der Waals surface area contributed by atoms with Crippen LogP contribution in [-0.2, 0) is 31.9 Å². The maximum absolute atomic E-state index is 5.32. The fourth-order valence-corrected chi connectivity index (χ4v) is 5.60. The van der Waals surface area contributed by atoms with Gasteiger partial charge in [-0.3, -0.25) is 9.97 Å². The van der Waals surface area contributed by atoms with Crippen LogP contribution >= 0.6 is 0 Å². The largest absolute Gasteiger partial charge is 2.00 e. The van der Waals surface area contributed by atoms with Crippen LogP contribution in [0, 0.1) is 12.1 Å². The smallest absolute Gasteiger partial charge is 0.340 e. The molecule has 8 bridgehead atoms. The minimum atomic E-state index is -0.512. The van der Waals surface area contributed by atoms with Crippen molar-refractivity contribution in [1.29, 1.82) is 0 Å². The summed E-state index contributed by atoms with van der Waals surface area (Å²) in [6.45, 7) is 8.87. The number of para-hydroxylation sites is 2. The SMILES string of the molecule is CC1(C)c2[c-]c(ccc2)-c2cn(-c3ccccc3)c(n2)C(C)(C)c2cn(-c3ccccc3)c(n2)-c2[c-]c1ccc2.[Pt+2]. The average molecular weight is 714 g/mol. The van der Waals surface area contributed by atoms with Gasteiger partial charge in [0.1, 0.15) is 5.82 Å². The molecule has 4 aromatic carbocycles. The van der Waals surface area contributed by atoms with Gasteiger partial charge in [-0.2, -0.15) is 0 Å². The van der Waals surface area contributed by atoms with Gasteiger partial charge >= 0.3 is 21.1 Å². The average Bonchev–Trinajstić information content (AvgIpc) is 3.65. The second-order valence-corrected chi connectivity index (χ2v) is 11.5. The van der Waals surface area contributed by atoms with E-state index in [1.165, 1.54) is 0 Å². The van der Waals surface area contributed by atoms with Crippen molar-refractivity contribution in [2.45, 2.75) is 38.5 Å². The summed E-state index contributed by atoms with van der Waals surface area (Å²) >= 11 is 0. The van der Waals surface area contributed by atoms with Crippen LogP contribution in [0.3, 0.4) is 0 Å². The van der Waals surface area contributed by atoms with Crippen LogP contribution in [0.2, 0.25) is 0 Å². The van der Waals surface area contributed by atoms with Crippen LogP contribution in [0.15, 0.2) is 109 Å². The minimum Gasteiger partial charge on any atom is -0.340 e. The van der Waals surface area contributed by atoms with Crippen molar-refractivity contribution in [3.05, 3.63) is 144 Å². The van der Waals surface area contributed by atoms with E-state index in [1.807, 2.05) is 12.1 Å². The Hall–Kier alpha value is -4.01. The van der Waals surface area contributed by atoms with Crippen molar-refractivity contribution in [3.8, 4) is 34.0 Å². The van der Waals surface area contributed by atoms with Gasteiger partial charge in [-0.1, -0.05) is 50.2 Å². The minimum absolute atomic E-state index is 0. The molecule has 3 heterocycles. The van der Waals surface area contributed by atoms with Gasteiger partial charge in [0.25, 0.3) is 0 Å². The maximum atomic E-state index is 5.32. The topological polar surface area (TPSA) is 35.6 Å². The second-order valence-electron chi connectivity index (χ2n) is 11.5. The van der Waals surface area contributed by atoms with Crippen LogP contribution in [0.5, 0.6) is 0 Å². The molecule has 5 heteroatoms. The molecule has 0 saturated heterocycles. The molecule has 0 fully saturated rings. The van der Waals surface area contributed by atoms with Gasteiger partial charge in [-0.15, -0.1) is 70.8 Å². The summed E-state index contributed by atoms with van der Waals surface area (Å²) in [6.07, 6.45) is 4.29. The third kappa shape index (κ3) is 4.51. The van der Waals surface area contributed by atoms with Crippen LogP contribution in [-0.4, -0.2) is 19.1 Å². The number of aromatic nitrogens is 4. The number of rotatable bonds is 2. The van der Waals surface area contributed by atoms with E-state index in [4.69, 9.17) is 9.97 Å². The van der Waals surface area contributed by atoms with Crippen molar-refractivity contribution in [2.75, 3.05) is 0 Å². The van der Waals surface area contributed by atoms with E-state index in [1.54, 1.807) is 0 Å². The third-order valence-electron chi connectivity index (χ3n) is 8.13. The molecule has 0 atom stereocenters. The van der Waals surface area contributed by atoms with Gasteiger partial charge in [0.2, 0.25) is 0 Å². The van der Waals surface area contributed by atoms with Crippen molar-refractivity contribution >= 4 is 0 Å². The Labute approximate surface area is 256 Å². The summed E-state index contributed by atoms with van der Waals surface area (Å²) in [4.78, 5) is 10.6. The number of fused-ring (bicyclic) bond motifs is 10. The predicted molar refractivity (Wildman–Crippen MR) is 160 cm³/mol. The zero-order valence-corrected chi connectivity index (χ0v) is 25.8. The summed E-state index contributed by atoms with van der Waals surface area (Å²) in [5.41, 5.74) is 7.23. The first-order chi connectivity index (χ1) is 19.3. The Bertz CT molecular complexity index is 1850. The summed E-state index contributed by atoms with van der Waals surface area (Å²) < 4.78 is 4.39. The van der Waals surface area contributed by atoms with Crippen LogP contribution in [0.25, 0.3) is 34.0 Å². The van der Waals surface area contributed by atoms with E-state index in [0.29, 0.717) is 0 Å². The first kappa shape index (κ1) is 27.2. The molecule has 2 aromatic heterocycles. The molecule has 0 radical (unpaired) electrons. The molecule has 4 nitrogen and oxygen atoms in total. The van der Waals surface area contributed by atoms with Gasteiger partial charge in [0.05, 0.1) is 16.9 Å². The maximum Gasteiger partial charge on any atom is 2.00 e. The Morgan fingerprint density at radius 1 is 0.561 bits per heavy atom. The standard InChI is InChI=1S/C36H30N4.Pt/c1-35(2)27-15-11-13-25(21-27)31-23-40(30-19-9-6-10-20-30)34(37-31)36(3,4)32-24-39(29-17-7-5-8-18-29)33(38-32)26-14-12-16-28(35)22-26;/h5-20,23-24H,1-4H3;/q-2;+2. The molecule has 204 valence electrons. The molecule has 7 rings (SSSR count). The quantitative estimate of drug-likeness (QED) is 0.171. The third-order valence-corrected chi connectivity index (χ3v) is 8.13. The van der Waals surface area contributed by atoms with E-state index >= 15 is 0 Å². The molecule has 1 aliphatic heterocycles. The Balaban J connectivity index is 0.00000302. The summed E-state index contributed by atoms with van der Waals surface area (Å²) in [5, 5.41) is 0. The first-order valence-electron chi connectivity index (χ1n) is 13.7. The second kappa shape index (κ2) is 10.1. The van der Waals surface area contributed by atoms with Gasteiger partial charge in [-0.25, -0.2) is 0 Å². The molecule has 0 saturated carbocycles. The summed E-state index contributed by atoms with van der Waals surface area (Å²) in [5.74, 6) is 1.78. The molecule has 0 aliphatic carbocycles. The Kier molecular flexibility index (Phi) is 6.71. The van der Waals surface area contributed by atoms with Crippen molar-refractivity contribution in [3.63, 3.8) is 0 Å². The van der Waals surface area contributed by atoms with Crippen LogP contribution < -0.4 is 0 Å². The number of nitrogens with zero attached hydrogens (tertiary/aromatic N) is 4. The number of hydrogen-bond donors (Lipinski definition) is 0. The molecular formula is C36H30N4Pt. The van der Waals surface area contributed by atoms with Crippen LogP contribution in [0.1, 0.15) is 50.3 Å². The number of imidazole rings is 2. The van der Waals surface area contributed by atoms with Gasteiger partial charge in [-0.05, 0) is 49.7 Å². The Morgan fingerprint density at radius 3 is 1.76 bits per heavy atom. The molecule has 41 heavy (non-hydrogen) atoms. The summed E-state index contributed by atoms with van der Waals surface area (Å²) in [7, 11) is 0. The predicted octanol–water partition coefficient (Wildman–Crippen LogP) is 7.96. The number of benzene rings is 4. The Morgan fingerprint density at radius 2 is 1.12 bits per heavy atom. The van der Waals surface area contributed by atoms with E-state index in [9.17, 15) is 0 Å². The zero-order chi connectivity index (χ0) is 27.5. The fraction of sp³-hybridized carbons (Fsp3) is 0.167. The van der Waals surface area contributed by atoms with Gasteiger partial charge in [0, 0.05) is 23.3 Å². The van der Waals surface area contributed by atoms with Crippen molar-refractivity contribution in [1.82, 2.24) is 19.1 Å². The monoisotopic (exact) mass is 713 g/mol. The van der Waals surface area contributed by atoms with Crippen LogP contribution in [0.4, 0.5) is 0 Å². The van der Waals surface area contributed by atoms with Crippen molar-refractivity contribution < 1.29 is 21.1 Å². The van der Waals surface area contributed by atoms with Crippen molar-refractivity contribution in [2.24, 2.45) is 0 Å². The van der Waals surface area contributed by atoms with E-state index in [-0.39, 0.29) is 26.5 Å². The molecule has 1 aliphatic rings. The molecule has 0 unspecified atom stereocenters. The van der Waals surface area contributed by atoms with E-state index in [2.05, 4.69) is 146 Å². The first-order valence-corrected chi connectivity index (χ1v) is 13.7. The molecule has 0 amide bonds. The fourth-order valence-electron chi connectivity index (χ4n) is 5.60. The molecule has 0 N–H and O–H groups in total. The normalized spacial score (nSPS) is 14.5. The number of hydrogen-bond acceptors (Lipinski definition) is 2. The van der Waals surface area contributed by atoms with E-state index < -0.39 is 5.41 Å². The molecule has 6 aromatic rings. The summed E-state index contributed by atoms with van der Waals surface area (Å²) in [6, 6.07) is 41.0. The zero-order valence-electron chi connectivity index (χ0n) is 23.5. The van der Waals surface area contributed by atoms with E-state index in [0.717, 1.165) is 56.7 Å². The molecule has 0 spiro atoms. The molecular weight excluding hydrogens is 684 g/mol. The van der Waals surface area contributed by atoms with Gasteiger partial charge in [0.15, 0.2) is 0 Å². The van der Waals surface area contributed by atoms with Gasteiger partial charge < -0.3 is 9.13 Å².